The molecule has 2 aliphatic rings. The standard InChI is InChI=1S/C30H30FN3O2/c31-26-6-2-1-5-24(26)10-7-22-8-11-25(12-9-22)30-27-20-33(17-3-4-18-34(27)28(30)21-35)29(36)19-23-13-15-32-16-14-23/h1-2,5-6,8-9,11-16,27-28,30,35H,3-4,17-21H2/t27-,28-,30+/m0/s1. The summed E-state index contributed by atoms with van der Waals surface area (Å²) >= 11 is 0. The molecule has 2 fully saturated rings. The number of benzene rings is 2. The first-order chi connectivity index (χ1) is 17.6. The van der Waals surface area contributed by atoms with Gasteiger partial charge in [0.25, 0.3) is 0 Å². The van der Waals surface area contributed by atoms with Crippen molar-refractivity contribution in [2.24, 2.45) is 0 Å². The van der Waals surface area contributed by atoms with E-state index in [1.54, 1.807) is 30.6 Å². The first kappa shape index (κ1) is 24.2. The number of nitrogens with zero attached hydrogens (tertiary/aromatic N) is 3. The molecule has 2 aliphatic heterocycles. The quantitative estimate of drug-likeness (QED) is 0.576. The molecule has 0 unspecified atom stereocenters. The average molecular weight is 484 g/mol. The zero-order chi connectivity index (χ0) is 24.9. The van der Waals surface area contributed by atoms with Crippen molar-refractivity contribution in [3.8, 4) is 11.8 Å². The van der Waals surface area contributed by atoms with Crippen molar-refractivity contribution in [1.82, 2.24) is 14.8 Å². The smallest absolute Gasteiger partial charge is 0.227 e. The number of fused-ring (bicyclic) bond motifs is 1. The summed E-state index contributed by atoms with van der Waals surface area (Å²) in [4.78, 5) is 21.6. The van der Waals surface area contributed by atoms with Crippen LogP contribution >= 0.6 is 0 Å². The van der Waals surface area contributed by atoms with E-state index in [-0.39, 0.29) is 36.3 Å². The van der Waals surface area contributed by atoms with Crippen molar-refractivity contribution in [3.63, 3.8) is 0 Å². The van der Waals surface area contributed by atoms with Gasteiger partial charge in [-0.15, -0.1) is 0 Å². The van der Waals surface area contributed by atoms with Crippen molar-refractivity contribution in [1.29, 1.82) is 0 Å². The highest BCUT2D eigenvalue weighted by Gasteiger charge is 2.49. The van der Waals surface area contributed by atoms with Gasteiger partial charge in [-0.1, -0.05) is 36.1 Å². The lowest BCUT2D eigenvalue weighted by Gasteiger charge is -2.57. The van der Waals surface area contributed by atoms with Gasteiger partial charge >= 0.3 is 0 Å². The second-order valence-corrected chi connectivity index (χ2v) is 9.51. The second-order valence-electron chi connectivity index (χ2n) is 9.51. The number of hydrogen-bond donors (Lipinski definition) is 1. The van der Waals surface area contributed by atoms with Crippen LogP contribution in [0, 0.1) is 17.7 Å². The van der Waals surface area contributed by atoms with E-state index < -0.39 is 0 Å². The minimum atomic E-state index is -0.325. The zero-order valence-electron chi connectivity index (χ0n) is 20.2. The Morgan fingerprint density at radius 2 is 1.75 bits per heavy atom. The first-order valence-electron chi connectivity index (χ1n) is 12.5. The predicted molar refractivity (Wildman–Crippen MR) is 137 cm³/mol. The summed E-state index contributed by atoms with van der Waals surface area (Å²) in [5.74, 6) is 5.89. The number of amides is 1. The average Bonchev–Trinajstić information content (AvgIpc) is 2.88. The van der Waals surface area contributed by atoms with Crippen molar-refractivity contribution in [2.75, 3.05) is 26.2 Å². The molecule has 184 valence electrons. The highest BCUT2D eigenvalue weighted by molar-refractivity contribution is 5.78. The number of aromatic nitrogens is 1. The fourth-order valence-electron chi connectivity index (χ4n) is 5.44. The van der Waals surface area contributed by atoms with E-state index in [4.69, 9.17) is 0 Å². The summed E-state index contributed by atoms with van der Waals surface area (Å²) in [7, 11) is 0. The van der Waals surface area contributed by atoms with Crippen LogP contribution in [0.5, 0.6) is 0 Å². The highest BCUT2D eigenvalue weighted by atomic mass is 19.1. The highest BCUT2D eigenvalue weighted by Crippen LogP contribution is 2.42. The largest absolute Gasteiger partial charge is 0.395 e. The van der Waals surface area contributed by atoms with E-state index in [1.165, 1.54) is 6.07 Å². The lowest BCUT2D eigenvalue weighted by Crippen LogP contribution is -2.68. The molecule has 36 heavy (non-hydrogen) atoms. The molecule has 0 aliphatic carbocycles. The number of carbonyl (C=O) groups excluding carboxylic acids is 1. The van der Waals surface area contributed by atoms with Crippen LogP contribution in [0.2, 0.25) is 0 Å². The molecule has 2 saturated heterocycles. The number of rotatable bonds is 4. The number of pyridine rings is 1. The van der Waals surface area contributed by atoms with Gasteiger partial charge < -0.3 is 10.0 Å². The van der Waals surface area contributed by atoms with Gasteiger partial charge in [-0.2, -0.15) is 0 Å². The lowest BCUT2D eigenvalue weighted by atomic mass is 9.74. The molecule has 6 heteroatoms. The van der Waals surface area contributed by atoms with Crippen LogP contribution in [0.1, 0.15) is 41.0 Å². The molecule has 0 radical (unpaired) electrons. The van der Waals surface area contributed by atoms with E-state index >= 15 is 0 Å². The Labute approximate surface area is 211 Å². The van der Waals surface area contributed by atoms with Crippen molar-refractivity contribution < 1.29 is 14.3 Å². The number of aliphatic hydroxyl groups is 1. The van der Waals surface area contributed by atoms with Gasteiger partial charge in [-0.25, -0.2) is 4.39 Å². The fraction of sp³-hybridized carbons (Fsp3) is 0.333. The van der Waals surface area contributed by atoms with Gasteiger partial charge in [-0.3, -0.25) is 14.7 Å². The van der Waals surface area contributed by atoms with Crippen molar-refractivity contribution in [3.05, 3.63) is 101 Å². The van der Waals surface area contributed by atoms with Crippen LogP contribution in [0.4, 0.5) is 4.39 Å². The minimum absolute atomic E-state index is 0.0422. The maximum absolute atomic E-state index is 13.9. The molecular formula is C30H30FN3O2. The Morgan fingerprint density at radius 3 is 2.50 bits per heavy atom. The van der Waals surface area contributed by atoms with Gasteiger partial charge in [0.05, 0.1) is 18.6 Å². The molecule has 0 saturated carbocycles. The Kier molecular flexibility index (Phi) is 7.41. The molecule has 5 nitrogen and oxygen atoms in total. The summed E-state index contributed by atoms with van der Waals surface area (Å²) in [6, 6.07) is 18.5. The van der Waals surface area contributed by atoms with Gasteiger partial charge in [0.2, 0.25) is 5.91 Å². The van der Waals surface area contributed by atoms with Gasteiger partial charge in [0.15, 0.2) is 0 Å². The Balaban J connectivity index is 1.32. The predicted octanol–water partition coefficient (Wildman–Crippen LogP) is 3.61. The third-order valence-electron chi connectivity index (χ3n) is 7.34. The topological polar surface area (TPSA) is 56.7 Å². The third kappa shape index (κ3) is 5.18. The Morgan fingerprint density at radius 1 is 1.00 bits per heavy atom. The molecule has 0 bridgehead atoms. The van der Waals surface area contributed by atoms with Crippen LogP contribution in [0.25, 0.3) is 0 Å². The fourth-order valence-corrected chi connectivity index (χ4v) is 5.44. The number of aliphatic hydroxyl groups excluding tert-OH is 1. The van der Waals surface area contributed by atoms with Crippen LogP contribution in [-0.2, 0) is 11.2 Å². The molecule has 3 aromatic rings. The lowest BCUT2D eigenvalue weighted by molar-refractivity contribution is -0.135. The van der Waals surface area contributed by atoms with Gasteiger partial charge in [0, 0.05) is 49.0 Å². The molecule has 1 aromatic heterocycles. The maximum Gasteiger partial charge on any atom is 0.227 e. The second kappa shape index (κ2) is 11.0. The molecule has 0 spiro atoms. The first-order valence-corrected chi connectivity index (χ1v) is 12.5. The monoisotopic (exact) mass is 483 g/mol. The summed E-state index contributed by atoms with van der Waals surface area (Å²) in [6.45, 7) is 2.43. The van der Waals surface area contributed by atoms with Crippen LogP contribution in [0.3, 0.4) is 0 Å². The molecule has 2 aromatic carbocycles. The molecule has 3 atom stereocenters. The van der Waals surface area contributed by atoms with E-state index in [0.29, 0.717) is 18.5 Å². The van der Waals surface area contributed by atoms with Crippen molar-refractivity contribution >= 4 is 5.91 Å². The van der Waals surface area contributed by atoms with E-state index in [0.717, 1.165) is 42.6 Å². The minimum Gasteiger partial charge on any atom is -0.395 e. The molecule has 1 N–H and O–H groups in total. The van der Waals surface area contributed by atoms with Gasteiger partial charge in [0.1, 0.15) is 5.82 Å². The molecule has 5 rings (SSSR count). The van der Waals surface area contributed by atoms with Gasteiger partial charge in [-0.05, 0) is 66.9 Å². The summed E-state index contributed by atoms with van der Waals surface area (Å²) in [6.07, 6.45) is 5.78. The Hall–Kier alpha value is -3.53. The van der Waals surface area contributed by atoms with Crippen molar-refractivity contribution in [2.45, 2.75) is 37.3 Å². The Bertz CT molecular complexity index is 1250. The molecular weight excluding hydrogens is 453 g/mol. The van der Waals surface area contributed by atoms with E-state index in [9.17, 15) is 14.3 Å². The number of carbonyl (C=O) groups is 1. The van der Waals surface area contributed by atoms with Crippen LogP contribution in [-0.4, -0.2) is 64.1 Å². The summed E-state index contributed by atoms with van der Waals surface area (Å²) in [5.41, 5.74) is 3.29. The summed E-state index contributed by atoms with van der Waals surface area (Å²) in [5, 5.41) is 10.2. The zero-order valence-corrected chi connectivity index (χ0v) is 20.2. The number of hydrogen-bond acceptors (Lipinski definition) is 4. The SMILES string of the molecule is O=C(Cc1ccncc1)N1CCCCN2[C@@H](CO)[C@H](c3ccc(C#Cc4ccccc4F)cc3)[C@@H]2C1. The molecule has 3 heterocycles. The normalized spacial score (nSPS) is 21.8. The van der Waals surface area contributed by atoms with Crippen LogP contribution < -0.4 is 0 Å². The maximum atomic E-state index is 13.9. The van der Waals surface area contributed by atoms with E-state index in [1.807, 2.05) is 29.2 Å². The summed E-state index contributed by atoms with van der Waals surface area (Å²) < 4.78 is 13.9. The third-order valence-corrected chi connectivity index (χ3v) is 7.34. The molecule has 1 amide bonds. The number of halogens is 1. The van der Waals surface area contributed by atoms with Crippen LogP contribution in [0.15, 0.2) is 73.1 Å². The van der Waals surface area contributed by atoms with E-state index in [2.05, 4.69) is 33.9 Å².